The standard InChI is InChI=1S/C18H20BrNO/c1-3-13(2)16-6-4-5-7-17(16)20-18(21)15-10-8-14(12-19)9-11-15/h4-11,13H,3,12H2,1-2H3,(H,20,21). The summed E-state index contributed by atoms with van der Waals surface area (Å²) < 4.78 is 0. The molecule has 0 heterocycles. The number of benzene rings is 2. The van der Waals surface area contributed by atoms with Gasteiger partial charge in [-0.15, -0.1) is 0 Å². The molecular formula is C18H20BrNO. The Labute approximate surface area is 134 Å². The minimum absolute atomic E-state index is 0.0631. The van der Waals surface area contributed by atoms with Crippen molar-refractivity contribution >= 4 is 27.5 Å². The summed E-state index contributed by atoms with van der Waals surface area (Å²) in [6, 6.07) is 15.7. The third-order valence-corrected chi connectivity index (χ3v) is 4.37. The van der Waals surface area contributed by atoms with Crippen LogP contribution >= 0.6 is 15.9 Å². The van der Waals surface area contributed by atoms with Crippen molar-refractivity contribution in [1.29, 1.82) is 0 Å². The van der Waals surface area contributed by atoms with Gasteiger partial charge in [0.05, 0.1) is 0 Å². The van der Waals surface area contributed by atoms with E-state index in [0.29, 0.717) is 11.5 Å². The van der Waals surface area contributed by atoms with Gasteiger partial charge in [-0.3, -0.25) is 4.79 Å². The molecule has 1 N–H and O–H groups in total. The van der Waals surface area contributed by atoms with Crippen molar-refractivity contribution in [2.45, 2.75) is 31.5 Å². The Hall–Kier alpha value is -1.61. The van der Waals surface area contributed by atoms with E-state index in [2.05, 4.69) is 41.2 Å². The Kier molecular flexibility index (Phi) is 5.57. The lowest BCUT2D eigenvalue weighted by Crippen LogP contribution is -2.13. The third-order valence-electron chi connectivity index (χ3n) is 3.72. The molecule has 0 spiro atoms. The van der Waals surface area contributed by atoms with E-state index in [1.807, 2.05) is 42.5 Å². The number of amides is 1. The Morgan fingerprint density at radius 1 is 1.14 bits per heavy atom. The highest BCUT2D eigenvalue weighted by Gasteiger charge is 2.12. The maximum Gasteiger partial charge on any atom is 0.255 e. The smallest absolute Gasteiger partial charge is 0.255 e. The topological polar surface area (TPSA) is 29.1 Å². The second kappa shape index (κ2) is 7.41. The molecule has 0 saturated carbocycles. The Morgan fingerprint density at radius 2 is 1.81 bits per heavy atom. The predicted octanol–water partition coefficient (Wildman–Crippen LogP) is 5.35. The maximum atomic E-state index is 12.4. The fraction of sp³-hybridized carbons (Fsp3) is 0.278. The van der Waals surface area contributed by atoms with Gasteiger partial charge in [0.1, 0.15) is 0 Å². The van der Waals surface area contributed by atoms with Gasteiger partial charge >= 0.3 is 0 Å². The van der Waals surface area contributed by atoms with Crippen molar-refractivity contribution in [2.24, 2.45) is 0 Å². The molecule has 0 aliphatic carbocycles. The number of carbonyl (C=O) groups excluding carboxylic acids is 1. The first-order valence-corrected chi connectivity index (χ1v) is 8.33. The molecular weight excluding hydrogens is 326 g/mol. The lowest BCUT2D eigenvalue weighted by Gasteiger charge is -2.15. The zero-order valence-electron chi connectivity index (χ0n) is 12.4. The lowest BCUT2D eigenvalue weighted by molar-refractivity contribution is 0.102. The van der Waals surface area contributed by atoms with Crippen LogP contribution in [-0.2, 0) is 5.33 Å². The van der Waals surface area contributed by atoms with Gasteiger partial charge in [0, 0.05) is 16.6 Å². The third kappa shape index (κ3) is 3.94. The first-order chi connectivity index (χ1) is 10.2. The van der Waals surface area contributed by atoms with E-state index in [0.717, 1.165) is 23.0 Å². The molecule has 0 aromatic heterocycles. The SMILES string of the molecule is CCC(C)c1ccccc1NC(=O)c1ccc(CBr)cc1. The molecule has 0 aliphatic heterocycles. The lowest BCUT2D eigenvalue weighted by atomic mass is 9.97. The highest BCUT2D eigenvalue weighted by atomic mass is 79.9. The summed E-state index contributed by atoms with van der Waals surface area (Å²) in [7, 11) is 0. The number of carbonyl (C=O) groups is 1. The number of hydrogen-bond donors (Lipinski definition) is 1. The number of anilines is 1. The fourth-order valence-electron chi connectivity index (χ4n) is 2.20. The Morgan fingerprint density at radius 3 is 2.43 bits per heavy atom. The van der Waals surface area contributed by atoms with Crippen LogP contribution in [0.2, 0.25) is 0 Å². The van der Waals surface area contributed by atoms with E-state index in [1.54, 1.807) is 0 Å². The molecule has 0 fully saturated rings. The van der Waals surface area contributed by atoms with Crippen LogP contribution < -0.4 is 5.32 Å². The van der Waals surface area contributed by atoms with E-state index in [9.17, 15) is 4.79 Å². The van der Waals surface area contributed by atoms with Crippen LogP contribution in [0.15, 0.2) is 48.5 Å². The van der Waals surface area contributed by atoms with Crippen LogP contribution in [-0.4, -0.2) is 5.91 Å². The molecule has 2 aromatic carbocycles. The van der Waals surface area contributed by atoms with Crippen molar-refractivity contribution < 1.29 is 4.79 Å². The summed E-state index contributed by atoms with van der Waals surface area (Å²) in [4.78, 5) is 12.4. The molecule has 1 atom stereocenters. The fourth-order valence-corrected chi connectivity index (χ4v) is 2.57. The largest absolute Gasteiger partial charge is 0.322 e. The Balaban J connectivity index is 2.19. The van der Waals surface area contributed by atoms with Gasteiger partial charge in [0.2, 0.25) is 0 Å². The minimum atomic E-state index is -0.0631. The van der Waals surface area contributed by atoms with Gasteiger partial charge in [0.15, 0.2) is 0 Å². The van der Waals surface area contributed by atoms with Gasteiger partial charge < -0.3 is 5.32 Å². The zero-order valence-corrected chi connectivity index (χ0v) is 14.0. The van der Waals surface area contributed by atoms with Gasteiger partial charge in [-0.25, -0.2) is 0 Å². The van der Waals surface area contributed by atoms with Crippen LogP contribution in [0.1, 0.15) is 47.7 Å². The second-order valence-corrected chi connectivity index (χ2v) is 5.74. The second-order valence-electron chi connectivity index (χ2n) is 5.18. The quantitative estimate of drug-likeness (QED) is 0.727. The molecule has 1 amide bonds. The molecule has 2 aromatic rings. The van der Waals surface area contributed by atoms with Gasteiger partial charge in [0.25, 0.3) is 5.91 Å². The number of nitrogens with one attached hydrogen (secondary N) is 1. The van der Waals surface area contributed by atoms with E-state index < -0.39 is 0 Å². The van der Waals surface area contributed by atoms with Crippen LogP contribution in [0.3, 0.4) is 0 Å². The van der Waals surface area contributed by atoms with Gasteiger partial charge in [-0.2, -0.15) is 0 Å². The van der Waals surface area contributed by atoms with Crippen molar-refractivity contribution in [1.82, 2.24) is 0 Å². The molecule has 0 saturated heterocycles. The van der Waals surface area contributed by atoms with E-state index in [4.69, 9.17) is 0 Å². The zero-order chi connectivity index (χ0) is 15.2. The number of hydrogen-bond acceptors (Lipinski definition) is 1. The van der Waals surface area contributed by atoms with Crippen molar-refractivity contribution in [3.8, 4) is 0 Å². The number of alkyl halides is 1. The first-order valence-electron chi connectivity index (χ1n) is 7.21. The van der Waals surface area contributed by atoms with E-state index >= 15 is 0 Å². The average Bonchev–Trinajstić information content (AvgIpc) is 2.54. The normalized spacial score (nSPS) is 12.0. The summed E-state index contributed by atoms with van der Waals surface area (Å²) in [6.45, 7) is 4.33. The van der Waals surface area contributed by atoms with Crippen molar-refractivity contribution in [3.05, 3.63) is 65.2 Å². The molecule has 0 bridgehead atoms. The molecule has 2 nitrogen and oxygen atoms in total. The molecule has 1 unspecified atom stereocenters. The maximum absolute atomic E-state index is 12.4. The summed E-state index contributed by atoms with van der Waals surface area (Å²) >= 11 is 3.41. The predicted molar refractivity (Wildman–Crippen MR) is 92.2 cm³/mol. The number of halogens is 1. The minimum Gasteiger partial charge on any atom is -0.322 e. The van der Waals surface area contributed by atoms with Crippen molar-refractivity contribution in [3.63, 3.8) is 0 Å². The summed E-state index contributed by atoms with van der Waals surface area (Å²) in [5.41, 5.74) is 3.93. The monoisotopic (exact) mass is 345 g/mol. The summed E-state index contributed by atoms with van der Waals surface area (Å²) in [6.07, 6.45) is 1.05. The van der Waals surface area contributed by atoms with Crippen LogP contribution in [0.4, 0.5) is 5.69 Å². The van der Waals surface area contributed by atoms with Gasteiger partial charge in [-0.1, -0.05) is 60.1 Å². The molecule has 0 radical (unpaired) electrons. The van der Waals surface area contributed by atoms with Crippen molar-refractivity contribution in [2.75, 3.05) is 5.32 Å². The molecule has 0 aliphatic rings. The van der Waals surface area contributed by atoms with E-state index in [1.165, 1.54) is 5.56 Å². The highest BCUT2D eigenvalue weighted by molar-refractivity contribution is 9.08. The van der Waals surface area contributed by atoms with Crippen LogP contribution in [0.25, 0.3) is 0 Å². The average molecular weight is 346 g/mol. The molecule has 110 valence electrons. The Bertz CT molecular complexity index is 607. The molecule has 21 heavy (non-hydrogen) atoms. The van der Waals surface area contributed by atoms with Gasteiger partial charge in [-0.05, 0) is 41.7 Å². The van der Waals surface area contributed by atoms with Crippen LogP contribution in [0.5, 0.6) is 0 Å². The molecule has 2 rings (SSSR count). The molecule has 3 heteroatoms. The van der Waals surface area contributed by atoms with Crippen LogP contribution in [0, 0.1) is 0 Å². The highest BCUT2D eigenvalue weighted by Crippen LogP contribution is 2.26. The van der Waals surface area contributed by atoms with E-state index in [-0.39, 0.29) is 5.91 Å². The number of para-hydroxylation sites is 1. The first kappa shape index (κ1) is 15.8. The summed E-state index contributed by atoms with van der Waals surface area (Å²) in [5.74, 6) is 0.365. The number of rotatable bonds is 5. The summed E-state index contributed by atoms with van der Waals surface area (Å²) in [5, 5.41) is 3.83.